The number of hydrogen-bond acceptors (Lipinski definition) is 8. The number of aliphatic hydroxyl groups excluding tert-OH is 1. The molecular formula is C30H38N2O7. The smallest absolute Gasteiger partial charge is 0.295 e. The number of amides is 1. The first kappa shape index (κ1) is 28.4. The van der Waals surface area contributed by atoms with Gasteiger partial charge in [-0.2, -0.15) is 0 Å². The predicted octanol–water partition coefficient (Wildman–Crippen LogP) is 3.94. The van der Waals surface area contributed by atoms with Crippen LogP contribution in [0.3, 0.4) is 0 Å². The van der Waals surface area contributed by atoms with Gasteiger partial charge in [0.2, 0.25) is 0 Å². The van der Waals surface area contributed by atoms with Gasteiger partial charge in [-0.05, 0) is 57.0 Å². The molecule has 0 bridgehead atoms. The summed E-state index contributed by atoms with van der Waals surface area (Å²) in [7, 11) is 3.05. The van der Waals surface area contributed by atoms with E-state index in [1.807, 2.05) is 20.8 Å². The van der Waals surface area contributed by atoms with Crippen LogP contribution in [0.25, 0.3) is 5.76 Å². The summed E-state index contributed by atoms with van der Waals surface area (Å²) in [4.78, 5) is 30.7. The lowest BCUT2D eigenvalue weighted by molar-refractivity contribution is -0.140. The number of ketones is 1. The van der Waals surface area contributed by atoms with Crippen LogP contribution < -0.4 is 14.2 Å². The van der Waals surface area contributed by atoms with E-state index in [9.17, 15) is 14.7 Å². The summed E-state index contributed by atoms with van der Waals surface area (Å²) in [5.41, 5.74) is 1.83. The number of carbonyl (C=O) groups is 2. The van der Waals surface area contributed by atoms with Gasteiger partial charge in [0.05, 0.1) is 45.2 Å². The number of aryl methyl sites for hydroxylation is 1. The molecule has 2 heterocycles. The fourth-order valence-corrected chi connectivity index (χ4v) is 5.19. The maximum Gasteiger partial charge on any atom is 0.295 e. The monoisotopic (exact) mass is 538 g/mol. The lowest BCUT2D eigenvalue weighted by Crippen LogP contribution is -2.39. The molecule has 0 aromatic heterocycles. The Kier molecular flexibility index (Phi) is 9.14. The first-order valence-electron chi connectivity index (χ1n) is 13.3. The lowest BCUT2D eigenvalue weighted by Gasteiger charge is -2.30. The zero-order chi connectivity index (χ0) is 28.1. The molecule has 0 saturated carbocycles. The number of methoxy groups -OCH3 is 2. The SMILES string of the molecule is COc1cccc(C2/C(=C(\O)c3ccc(OC(C)C)c(C)c3)C(=O)C(=O)N2CCCN2CCOCC2)c1OC. The number of likely N-dealkylation sites (tertiary alicyclic amines) is 1. The second-order valence-corrected chi connectivity index (χ2v) is 10.0. The van der Waals surface area contributed by atoms with E-state index in [0.29, 0.717) is 54.6 Å². The van der Waals surface area contributed by atoms with Crippen LogP contribution in [0, 0.1) is 6.92 Å². The van der Waals surface area contributed by atoms with Gasteiger partial charge in [-0.15, -0.1) is 0 Å². The van der Waals surface area contributed by atoms with Gasteiger partial charge < -0.3 is 29.0 Å². The largest absolute Gasteiger partial charge is 0.507 e. The van der Waals surface area contributed by atoms with Crippen molar-refractivity contribution in [3.63, 3.8) is 0 Å². The molecule has 9 nitrogen and oxygen atoms in total. The van der Waals surface area contributed by atoms with Gasteiger partial charge >= 0.3 is 0 Å². The fraction of sp³-hybridized carbons (Fsp3) is 0.467. The number of rotatable bonds is 10. The molecule has 1 amide bonds. The van der Waals surface area contributed by atoms with Crippen LogP contribution in [0.1, 0.15) is 43.0 Å². The third-order valence-electron chi connectivity index (χ3n) is 7.06. The maximum absolute atomic E-state index is 13.5. The molecule has 2 aliphatic rings. The number of carbonyl (C=O) groups excluding carboxylic acids is 2. The van der Waals surface area contributed by atoms with Crippen molar-refractivity contribution >= 4 is 17.4 Å². The molecule has 0 aliphatic carbocycles. The molecule has 2 saturated heterocycles. The molecule has 1 atom stereocenters. The van der Waals surface area contributed by atoms with E-state index in [4.69, 9.17) is 18.9 Å². The van der Waals surface area contributed by atoms with E-state index in [2.05, 4.69) is 4.90 Å². The van der Waals surface area contributed by atoms with E-state index in [1.165, 1.54) is 19.1 Å². The summed E-state index contributed by atoms with van der Waals surface area (Å²) in [6.45, 7) is 9.91. The van der Waals surface area contributed by atoms with Crippen molar-refractivity contribution in [1.82, 2.24) is 9.80 Å². The second-order valence-electron chi connectivity index (χ2n) is 10.0. The number of para-hydroxylation sites is 1. The third kappa shape index (κ3) is 6.04. The number of nitrogens with zero attached hydrogens (tertiary/aromatic N) is 2. The molecule has 0 radical (unpaired) electrons. The minimum absolute atomic E-state index is 0.00791. The van der Waals surface area contributed by atoms with Crippen molar-refractivity contribution in [2.75, 3.05) is 53.6 Å². The number of morpholine rings is 1. The number of Topliss-reactive ketones (excluding diaryl/α,β-unsaturated/α-hetero) is 1. The average molecular weight is 539 g/mol. The third-order valence-corrected chi connectivity index (χ3v) is 7.06. The van der Waals surface area contributed by atoms with Gasteiger partial charge in [-0.25, -0.2) is 0 Å². The maximum atomic E-state index is 13.5. The van der Waals surface area contributed by atoms with Gasteiger partial charge in [0, 0.05) is 37.3 Å². The Balaban J connectivity index is 1.76. The van der Waals surface area contributed by atoms with E-state index in [1.54, 1.807) is 36.4 Å². The van der Waals surface area contributed by atoms with Gasteiger partial charge in [-0.1, -0.05) is 12.1 Å². The van der Waals surface area contributed by atoms with Crippen molar-refractivity contribution in [1.29, 1.82) is 0 Å². The first-order chi connectivity index (χ1) is 18.8. The Morgan fingerprint density at radius 1 is 1.05 bits per heavy atom. The van der Waals surface area contributed by atoms with Crippen molar-refractivity contribution in [3.05, 3.63) is 58.7 Å². The standard InChI is InChI=1S/C30H38N2O7/c1-19(2)39-23-11-10-21(18-20(23)3)27(33)25-26(22-8-6-9-24(36-4)29(22)37-5)32(30(35)28(25)34)13-7-12-31-14-16-38-17-15-31/h6,8-11,18-19,26,33H,7,12-17H2,1-5H3/b27-25+. The van der Waals surface area contributed by atoms with Crippen LogP contribution in [0.4, 0.5) is 0 Å². The van der Waals surface area contributed by atoms with Crippen LogP contribution in [0.5, 0.6) is 17.2 Å². The first-order valence-corrected chi connectivity index (χ1v) is 13.3. The van der Waals surface area contributed by atoms with Gasteiger partial charge in [0.25, 0.3) is 11.7 Å². The number of benzene rings is 2. The minimum atomic E-state index is -0.841. The quantitative estimate of drug-likeness (QED) is 0.276. The van der Waals surface area contributed by atoms with Crippen LogP contribution in [-0.4, -0.2) is 86.3 Å². The molecule has 1 N–H and O–H groups in total. The summed E-state index contributed by atoms with van der Waals surface area (Å²) in [6.07, 6.45) is 0.655. The average Bonchev–Trinajstić information content (AvgIpc) is 3.18. The molecular weight excluding hydrogens is 500 g/mol. The Bertz CT molecular complexity index is 1230. The van der Waals surface area contributed by atoms with Gasteiger partial charge in [-0.3, -0.25) is 14.5 Å². The Hall–Kier alpha value is -3.56. The summed E-state index contributed by atoms with van der Waals surface area (Å²) in [5, 5.41) is 11.5. The van der Waals surface area contributed by atoms with E-state index in [-0.39, 0.29) is 17.4 Å². The molecule has 2 fully saturated rings. The van der Waals surface area contributed by atoms with Gasteiger partial charge in [0.15, 0.2) is 11.5 Å². The molecule has 4 rings (SSSR count). The van der Waals surface area contributed by atoms with Gasteiger partial charge in [0.1, 0.15) is 11.5 Å². The van der Waals surface area contributed by atoms with E-state index < -0.39 is 17.7 Å². The number of ether oxygens (including phenoxy) is 4. The lowest BCUT2D eigenvalue weighted by atomic mass is 9.93. The van der Waals surface area contributed by atoms with E-state index in [0.717, 1.165) is 25.2 Å². The Labute approximate surface area is 229 Å². The highest BCUT2D eigenvalue weighted by molar-refractivity contribution is 6.46. The molecule has 2 aromatic carbocycles. The Morgan fingerprint density at radius 2 is 1.79 bits per heavy atom. The number of aliphatic hydroxyl groups is 1. The highest BCUT2D eigenvalue weighted by atomic mass is 16.5. The van der Waals surface area contributed by atoms with Crippen LogP contribution in [0.15, 0.2) is 42.0 Å². The highest BCUT2D eigenvalue weighted by Gasteiger charge is 2.47. The van der Waals surface area contributed by atoms with Crippen molar-refractivity contribution < 1.29 is 33.6 Å². The van der Waals surface area contributed by atoms with E-state index >= 15 is 0 Å². The van der Waals surface area contributed by atoms with Crippen molar-refractivity contribution in [2.45, 2.75) is 39.3 Å². The fourth-order valence-electron chi connectivity index (χ4n) is 5.19. The van der Waals surface area contributed by atoms with Crippen molar-refractivity contribution in [3.8, 4) is 17.2 Å². The number of hydrogen-bond donors (Lipinski definition) is 1. The summed E-state index contributed by atoms with van der Waals surface area (Å²) in [5.74, 6) is -0.0409. The molecule has 1 unspecified atom stereocenters. The summed E-state index contributed by atoms with van der Waals surface area (Å²) < 4.78 is 22.5. The zero-order valence-corrected chi connectivity index (χ0v) is 23.4. The Morgan fingerprint density at radius 3 is 2.44 bits per heavy atom. The minimum Gasteiger partial charge on any atom is -0.507 e. The molecule has 210 valence electrons. The molecule has 2 aromatic rings. The van der Waals surface area contributed by atoms with Crippen LogP contribution >= 0.6 is 0 Å². The molecule has 39 heavy (non-hydrogen) atoms. The van der Waals surface area contributed by atoms with Crippen LogP contribution in [0.2, 0.25) is 0 Å². The highest BCUT2D eigenvalue weighted by Crippen LogP contribution is 2.45. The van der Waals surface area contributed by atoms with Crippen LogP contribution in [-0.2, 0) is 14.3 Å². The summed E-state index contributed by atoms with van der Waals surface area (Å²) >= 11 is 0. The topological polar surface area (TPSA) is 97.8 Å². The predicted molar refractivity (Wildman–Crippen MR) is 147 cm³/mol. The zero-order valence-electron chi connectivity index (χ0n) is 23.4. The summed E-state index contributed by atoms with van der Waals surface area (Å²) in [6, 6.07) is 9.72. The second kappa shape index (κ2) is 12.5. The van der Waals surface area contributed by atoms with Crippen molar-refractivity contribution in [2.24, 2.45) is 0 Å². The normalized spacial score (nSPS) is 19.5. The molecule has 9 heteroatoms. The molecule has 0 spiro atoms. The molecule has 2 aliphatic heterocycles.